The number of nitrogens with one attached hydrogen (secondary N) is 2. The van der Waals surface area contributed by atoms with E-state index in [1.807, 2.05) is 36.4 Å². The van der Waals surface area contributed by atoms with Gasteiger partial charge >= 0.3 is 0 Å². The normalized spacial score (nSPS) is 9.26. The van der Waals surface area contributed by atoms with E-state index in [2.05, 4.69) is 48.2 Å². The molecule has 2 aromatic heterocycles. The molecule has 0 aliphatic carbocycles. The Kier molecular flexibility index (Phi) is 19.7. The maximum atomic E-state index is 12.4. The predicted octanol–water partition coefficient (Wildman–Crippen LogP) is 6.66. The summed E-state index contributed by atoms with van der Waals surface area (Å²) in [6.07, 6.45) is 1.75. The van der Waals surface area contributed by atoms with Gasteiger partial charge in [-0.25, -0.2) is 4.39 Å². The third-order valence-corrected chi connectivity index (χ3v) is 3.74. The first-order valence-corrected chi connectivity index (χ1v) is 9.04. The average Bonchev–Trinajstić information content (AvgIpc) is 3.12. The molecule has 1 radical (unpaired) electrons. The average molecular weight is 508 g/mol. The minimum Gasteiger partial charge on any atom is -0.461 e. The number of hydrogen-bond donors (Lipinski definition) is 2. The van der Waals surface area contributed by atoms with Gasteiger partial charge in [0, 0.05) is 51.0 Å². The number of benzene rings is 1. The molecule has 0 unspecified atom stereocenters. The number of halogens is 1. The molecule has 3 rings (SSSR count). The molecular formula is C24H39FN4OY. The second kappa shape index (κ2) is 18.0. The molecule has 0 bridgehead atoms. The molecule has 0 aliphatic rings. The molecule has 0 amide bonds. The molecule has 31 heavy (non-hydrogen) atoms. The van der Waals surface area contributed by atoms with Crippen LogP contribution in [-0.2, 0) is 32.7 Å². The number of hydrogen-bond acceptors (Lipinski definition) is 4. The van der Waals surface area contributed by atoms with Gasteiger partial charge in [-0.2, -0.15) is 0 Å². The van der Waals surface area contributed by atoms with Crippen LogP contribution in [0.1, 0.15) is 61.5 Å². The quantitative estimate of drug-likeness (QED) is 0.366. The summed E-state index contributed by atoms with van der Waals surface area (Å²) in [5, 5.41) is 10.1. The monoisotopic (exact) mass is 507 g/mol. The van der Waals surface area contributed by atoms with Crippen molar-refractivity contribution in [2.24, 2.45) is 0 Å². The van der Waals surface area contributed by atoms with Crippen molar-refractivity contribution in [1.29, 1.82) is 0 Å². The maximum absolute atomic E-state index is 12.4. The fraction of sp³-hybridized carbons (Fsp3) is 0.417. The maximum Gasteiger partial charge on any atom is 0.234 e. The van der Waals surface area contributed by atoms with Crippen molar-refractivity contribution >= 4 is 0 Å². The van der Waals surface area contributed by atoms with E-state index in [1.165, 1.54) is 17.7 Å². The number of aromatic nitrogens is 3. The van der Waals surface area contributed by atoms with Crippen molar-refractivity contribution in [3.63, 3.8) is 0 Å². The second-order valence-corrected chi connectivity index (χ2v) is 6.69. The largest absolute Gasteiger partial charge is 0.461 e. The first kappa shape index (κ1) is 34.0. The molecule has 7 heteroatoms. The zero-order valence-electron chi connectivity index (χ0n) is 16.8. The van der Waals surface area contributed by atoms with E-state index in [0.717, 1.165) is 11.4 Å². The van der Waals surface area contributed by atoms with Gasteiger partial charge in [-0.05, 0) is 49.6 Å². The minimum absolute atomic E-state index is 0. The van der Waals surface area contributed by atoms with Crippen LogP contribution in [0.15, 0.2) is 54.7 Å². The molecule has 0 atom stereocenters. The second-order valence-electron chi connectivity index (χ2n) is 6.69. The SMILES string of the molecule is C.C.C.CC(C)NCOc1cc(-c2ccccn2)[nH]n1.CC(C)c1ccc(F)cc1.[Y]. The van der Waals surface area contributed by atoms with Gasteiger partial charge in [0.1, 0.15) is 12.5 Å². The van der Waals surface area contributed by atoms with Crippen molar-refractivity contribution in [2.45, 2.75) is 61.9 Å². The van der Waals surface area contributed by atoms with Crippen LogP contribution in [0.2, 0.25) is 0 Å². The zero-order valence-corrected chi connectivity index (χ0v) is 19.7. The Bertz CT molecular complexity index is 793. The summed E-state index contributed by atoms with van der Waals surface area (Å²) in [7, 11) is 0. The van der Waals surface area contributed by atoms with Crippen LogP contribution in [0.4, 0.5) is 4.39 Å². The van der Waals surface area contributed by atoms with Gasteiger partial charge < -0.3 is 4.74 Å². The van der Waals surface area contributed by atoms with Gasteiger partial charge in [-0.15, -0.1) is 5.10 Å². The van der Waals surface area contributed by atoms with Crippen LogP contribution in [0, 0.1) is 5.82 Å². The summed E-state index contributed by atoms with van der Waals surface area (Å²) in [5.41, 5.74) is 2.89. The summed E-state index contributed by atoms with van der Waals surface area (Å²) in [4.78, 5) is 4.23. The van der Waals surface area contributed by atoms with Gasteiger partial charge in [0.25, 0.3) is 0 Å². The van der Waals surface area contributed by atoms with Crippen LogP contribution in [0.5, 0.6) is 5.88 Å². The molecule has 2 heterocycles. The first-order chi connectivity index (χ1) is 13.0. The number of aromatic amines is 1. The number of ether oxygens (including phenoxy) is 1. The van der Waals surface area contributed by atoms with Crippen LogP contribution in [0.3, 0.4) is 0 Å². The van der Waals surface area contributed by atoms with E-state index in [1.54, 1.807) is 6.20 Å². The standard InChI is InChI=1S/C12H16N4O.C9H11F.3CH4.Y/c1-9(2)14-8-17-12-7-11(15-16-12)10-5-3-4-6-13-10;1-7(2)8-3-5-9(10)6-4-8;;;;/h3-7,9,14H,8H2,1-2H3,(H,15,16);3-7H,1-2H3;3*1H4;. The molecule has 171 valence electrons. The van der Waals surface area contributed by atoms with Crippen LogP contribution in [0.25, 0.3) is 11.4 Å². The summed E-state index contributed by atoms with van der Waals surface area (Å²) >= 11 is 0. The van der Waals surface area contributed by atoms with Crippen LogP contribution < -0.4 is 10.1 Å². The summed E-state index contributed by atoms with van der Waals surface area (Å²) in [5.74, 6) is 0.892. The van der Waals surface area contributed by atoms with Crippen LogP contribution >= 0.6 is 0 Å². The third kappa shape index (κ3) is 12.7. The Hall–Kier alpha value is -1.63. The van der Waals surface area contributed by atoms with E-state index in [9.17, 15) is 4.39 Å². The fourth-order valence-electron chi connectivity index (χ4n) is 2.16. The van der Waals surface area contributed by atoms with Crippen molar-refractivity contribution in [3.05, 3.63) is 66.1 Å². The number of pyridine rings is 1. The Labute approximate surface area is 213 Å². The van der Waals surface area contributed by atoms with Crippen molar-refractivity contribution in [3.8, 4) is 17.3 Å². The van der Waals surface area contributed by atoms with E-state index in [-0.39, 0.29) is 60.8 Å². The van der Waals surface area contributed by atoms with E-state index >= 15 is 0 Å². The molecular weight excluding hydrogens is 468 g/mol. The fourth-order valence-corrected chi connectivity index (χ4v) is 2.16. The molecule has 0 saturated carbocycles. The summed E-state index contributed by atoms with van der Waals surface area (Å²) in [6, 6.07) is 14.6. The number of H-pyrrole nitrogens is 1. The van der Waals surface area contributed by atoms with E-state index < -0.39 is 0 Å². The predicted molar refractivity (Wildman–Crippen MR) is 126 cm³/mol. The molecule has 0 saturated heterocycles. The zero-order chi connectivity index (χ0) is 19.6. The van der Waals surface area contributed by atoms with Crippen molar-refractivity contribution in [1.82, 2.24) is 20.5 Å². The van der Waals surface area contributed by atoms with E-state index in [4.69, 9.17) is 4.74 Å². The molecule has 3 aromatic rings. The Morgan fingerprint density at radius 3 is 2.16 bits per heavy atom. The van der Waals surface area contributed by atoms with Gasteiger partial charge in [-0.3, -0.25) is 15.4 Å². The molecule has 0 spiro atoms. The smallest absolute Gasteiger partial charge is 0.234 e. The summed E-state index contributed by atoms with van der Waals surface area (Å²) < 4.78 is 17.8. The third-order valence-electron chi connectivity index (χ3n) is 3.74. The minimum atomic E-state index is -0.163. The van der Waals surface area contributed by atoms with Crippen LogP contribution in [-0.4, -0.2) is 28.0 Å². The molecule has 5 nitrogen and oxygen atoms in total. The number of nitrogens with zero attached hydrogens (tertiary/aromatic N) is 2. The summed E-state index contributed by atoms with van der Waals surface area (Å²) in [6.45, 7) is 8.76. The van der Waals surface area contributed by atoms with Crippen molar-refractivity contribution in [2.75, 3.05) is 6.73 Å². The topological polar surface area (TPSA) is 62.8 Å². The molecule has 1 aromatic carbocycles. The number of rotatable bonds is 6. The van der Waals surface area contributed by atoms with Crippen molar-refractivity contribution < 1.29 is 41.8 Å². The van der Waals surface area contributed by atoms with Gasteiger partial charge in [0.05, 0.1) is 11.4 Å². The van der Waals surface area contributed by atoms with Gasteiger partial charge in [0.2, 0.25) is 5.88 Å². The first-order valence-electron chi connectivity index (χ1n) is 9.04. The molecule has 0 fully saturated rings. The van der Waals surface area contributed by atoms with Gasteiger partial charge in [0.15, 0.2) is 0 Å². The molecule has 0 aliphatic heterocycles. The Morgan fingerprint density at radius 2 is 1.65 bits per heavy atom. The Morgan fingerprint density at radius 1 is 1.00 bits per heavy atom. The molecule has 2 N–H and O–H groups in total. The van der Waals surface area contributed by atoms with E-state index in [0.29, 0.717) is 24.6 Å². The Balaban J connectivity index is -0.000000493. The van der Waals surface area contributed by atoms with Gasteiger partial charge in [-0.1, -0.05) is 54.3 Å².